The maximum Gasteiger partial charge on any atom is 0.410 e. The maximum atomic E-state index is 12.2. The van der Waals surface area contributed by atoms with Gasteiger partial charge in [-0.05, 0) is 51.7 Å². The molecule has 0 atom stereocenters. The number of rotatable bonds is 2. The summed E-state index contributed by atoms with van der Waals surface area (Å²) in [4.78, 5) is 18.4. The molecular formula is C17H24N2O3. The van der Waals surface area contributed by atoms with Crippen LogP contribution in [0.4, 0.5) is 4.79 Å². The molecule has 2 aliphatic rings. The Hall–Kier alpha value is -1.78. The molecule has 0 spiro atoms. The number of fused-ring (bicyclic) bond motifs is 1. The van der Waals surface area contributed by atoms with E-state index in [-0.39, 0.29) is 6.09 Å². The molecule has 0 bridgehead atoms. The summed E-state index contributed by atoms with van der Waals surface area (Å²) in [5.41, 5.74) is 1.65. The maximum absolute atomic E-state index is 12.2. The first-order valence-corrected chi connectivity index (χ1v) is 8.03. The Morgan fingerprint density at radius 2 is 2.14 bits per heavy atom. The summed E-state index contributed by atoms with van der Waals surface area (Å²) in [6.45, 7) is 6.84. The highest BCUT2D eigenvalue weighted by Crippen LogP contribution is 2.27. The van der Waals surface area contributed by atoms with Crippen molar-refractivity contribution in [1.29, 1.82) is 0 Å². The zero-order chi connectivity index (χ0) is 15.7. The van der Waals surface area contributed by atoms with Crippen LogP contribution in [0.2, 0.25) is 0 Å². The van der Waals surface area contributed by atoms with Crippen LogP contribution in [0.15, 0.2) is 12.3 Å². The third-order valence-electron chi connectivity index (χ3n) is 4.02. The first-order chi connectivity index (χ1) is 10.4. The molecule has 0 N–H and O–H groups in total. The number of carbonyl (C=O) groups is 1. The molecule has 5 heteroatoms. The summed E-state index contributed by atoms with van der Waals surface area (Å²) < 4.78 is 11.3. The lowest BCUT2D eigenvalue weighted by atomic mass is 9.96. The SMILES string of the molecule is CC(C)(C)OC(=O)N1CCc2ncc(OC3CCC3)cc2C1. The Kier molecular flexibility index (Phi) is 3.98. The summed E-state index contributed by atoms with van der Waals surface area (Å²) >= 11 is 0. The molecule has 1 aromatic rings. The van der Waals surface area contributed by atoms with E-state index in [1.807, 2.05) is 26.8 Å². The van der Waals surface area contributed by atoms with E-state index < -0.39 is 5.60 Å². The zero-order valence-corrected chi connectivity index (χ0v) is 13.6. The first kappa shape index (κ1) is 15.1. The number of pyridine rings is 1. The fourth-order valence-corrected chi connectivity index (χ4v) is 2.63. The van der Waals surface area contributed by atoms with E-state index in [0.717, 1.165) is 36.3 Å². The predicted octanol–water partition coefficient (Wildman–Crippen LogP) is 3.31. The molecule has 120 valence electrons. The van der Waals surface area contributed by atoms with Gasteiger partial charge in [-0.3, -0.25) is 4.98 Å². The zero-order valence-electron chi connectivity index (χ0n) is 13.6. The minimum Gasteiger partial charge on any atom is -0.489 e. The van der Waals surface area contributed by atoms with Gasteiger partial charge in [0.25, 0.3) is 0 Å². The van der Waals surface area contributed by atoms with E-state index in [1.165, 1.54) is 6.42 Å². The van der Waals surface area contributed by atoms with Gasteiger partial charge in [-0.1, -0.05) is 0 Å². The van der Waals surface area contributed by atoms with Gasteiger partial charge in [0.2, 0.25) is 0 Å². The highest BCUT2D eigenvalue weighted by atomic mass is 16.6. The van der Waals surface area contributed by atoms with Crippen molar-refractivity contribution in [1.82, 2.24) is 9.88 Å². The van der Waals surface area contributed by atoms with Gasteiger partial charge in [0.1, 0.15) is 11.4 Å². The molecule has 1 fully saturated rings. The van der Waals surface area contributed by atoms with Crippen LogP contribution in [0.5, 0.6) is 5.75 Å². The van der Waals surface area contributed by atoms with Gasteiger partial charge in [-0.15, -0.1) is 0 Å². The molecule has 2 heterocycles. The van der Waals surface area contributed by atoms with Crippen molar-refractivity contribution < 1.29 is 14.3 Å². The average Bonchev–Trinajstić information content (AvgIpc) is 2.40. The Balaban J connectivity index is 1.67. The number of ether oxygens (including phenoxy) is 2. The Bertz CT molecular complexity index is 562. The molecule has 1 saturated carbocycles. The lowest BCUT2D eigenvalue weighted by molar-refractivity contribution is 0.0222. The number of nitrogens with zero attached hydrogens (tertiary/aromatic N) is 2. The van der Waals surface area contributed by atoms with Crippen LogP contribution in [-0.4, -0.2) is 34.2 Å². The largest absolute Gasteiger partial charge is 0.489 e. The monoisotopic (exact) mass is 304 g/mol. The minimum absolute atomic E-state index is 0.261. The van der Waals surface area contributed by atoms with Crippen LogP contribution >= 0.6 is 0 Å². The third-order valence-corrected chi connectivity index (χ3v) is 4.02. The quantitative estimate of drug-likeness (QED) is 0.841. The van der Waals surface area contributed by atoms with Crippen molar-refractivity contribution in [3.05, 3.63) is 23.5 Å². The van der Waals surface area contributed by atoms with Gasteiger partial charge >= 0.3 is 6.09 Å². The van der Waals surface area contributed by atoms with E-state index in [9.17, 15) is 4.79 Å². The molecule has 3 rings (SSSR count). The van der Waals surface area contributed by atoms with Crippen molar-refractivity contribution in [3.63, 3.8) is 0 Å². The van der Waals surface area contributed by atoms with Crippen molar-refractivity contribution in [3.8, 4) is 5.75 Å². The molecule has 0 saturated heterocycles. The molecule has 0 unspecified atom stereocenters. The fourth-order valence-electron chi connectivity index (χ4n) is 2.63. The molecule has 0 aromatic carbocycles. The van der Waals surface area contributed by atoms with Crippen LogP contribution in [0.3, 0.4) is 0 Å². The topological polar surface area (TPSA) is 51.7 Å². The highest BCUT2D eigenvalue weighted by Gasteiger charge is 2.27. The number of carbonyl (C=O) groups excluding carboxylic acids is 1. The van der Waals surface area contributed by atoms with Crippen LogP contribution in [-0.2, 0) is 17.7 Å². The van der Waals surface area contributed by atoms with E-state index in [0.29, 0.717) is 19.2 Å². The molecule has 22 heavy (non-hydrogen) atoms. The van der Waals surface area contributed by atoms with Crippen LogP contribution in [0.1, 0.15) is 51.3 Å². The molecule has 1 aliphatic heterocycles. The summed E-state index contributed by atoms with van der Waals surface area (Å²) in [6, 6.07) is 2.02. The second-order valence-electron chi connectivity index (χ2n) is 7.10. The third kappa shape index (κ3) is 3.51. The molecule has 1 amide bonds. The molecule has 1 aromatic heterocycles. The lowest BCUT2D eigenvalue weighted by Gasteiger charge is -2.31. The van der Waals surface area contributed by atoms with Crippen molar-refractivity contribution in [2.24, 2.45) is 0 Å². The van der Waals surface area contributed by atoms with E-state index in [1.54, 1.807) is 11.1 Å². The fraction of sp³-hybridized carbons (Fsp3) is 0.647. The Morgan fingerprint density at radius 3 is 2.77 bits per heavy atom. The van der Waals surface area contributed by atoms with E-state index in [4.69, 9.17) is 9.47 Å². The standard InChI is InChI=1S/C17H24N2O3/c1-17(2,3)22-16(20)19-8-7-15-12(11-19)9-14(10-18-15)21-13-5-4-6-13/h9-10,13H,4-8,11H2,1-3H3. The van der Waals surface area contributed by atoms with Crippen LogP contribution in [0, 0.1) is 0 Å². The molecule has 5 nitrogen and oxygen atoms in total. The number of hydrogen-bond donors (Lipinski definition) is 0. The highest BCUT2D eigenvalue weighted by molar-refractivity contribution is 5.68. The second-order valence-corrected chi connectivity index (χ2v) is 7.10. The van der Waals surface area contributed by atoms with E-state index in [2.05, 4.69) is 4.98 Å². The molecular weight excluding hydrogens is 280 g/mol. The number of aromatic nitrogens is 1. The van der Waals surface area contributed by atoms with Crippen molar-refractivity contribution in [2.75, 3.05) is 6.54 Å². The summed E-state index contributed by atoms with van der Waals surface area (Å²) in [5, 5.41) is 0. The summed E-state index contributed by atoms with van der Waals surface area (Å²) in [7, 11) is 0. The molecule has 1 aliphatic carbocycles. The normalized spacial score (nSPS) is 18.4. The Labute approximate surface area is 131 Å². The number of amides is 1. The smallest absolute Gasteiger partial charge is 0.410 e. The first-order valence-electron chi connectivity index (χ1n) is 8.03. The van der Waals surface area contributed by atoms with Gasteiger partial charge < -0.3 is 14.4 Å². The lowest BCUT2D eigenvalue weighted by Crippen LogP contribution is -2.40. The van der Waals surface area contributed by atoms with Crippen LogP contribution in [0.25, 0.3) is 0 Å². The average molecular weight is 304 g/mol. The predicted molar refractivity (Wildman–Crippen MR) is 82.9 cm³/mol. The molecule has 0 radical (unpaired) electrons. The van der Waals surface area contributed by atoms with Gasteiger partial charge in [0.15, 0.2) is 0 Å². The Morgan fingerprint density at radius 1 is 1.36 bits per heavy atom. The minimum atomic E-state index is -0.467. The van der Waals surface area contributed by atoms with Crippen LogP contribution < -0.4 is 4.74 Å². The van der Waals surface area contributed by atoms with Gasteiger partial charge in [-0.2, -0.15) is 0 Å². The number of hydrogen-bond acceptors (Lipinski definition) is 4. The van der Waals surface area contributed by atoms with Crippen molar-refractivity contribution >= 4 is 6.09 Å². The van der Waals surface area contributed by atoms with E-state index >= 15 is 0 Å². The second kappa shape index (κ2) is 5.78. The van der Waals surface area contributed by atoms with Gasteiger partial charge in [-0.25, -0.2) is 4.79 Å². The summed E-state index contributed by atoms with van der Waals surface area (Å²) in [5.74, 6) is 0.814. The van der Waals surface area contributed by atoms with Gasteiger partial charge in [0, 0.05) is 18.7 Å². The van der Waals surface area contributed by atoms with Crippen molar-refractivity contribution in [2.45, 2.75) is 64.7 Å². The van der Waals surface area contributed by atoms with Gasteiger partial charge in [0.05, 0.1) is 18.8 Å². The summed E-state index contributed by atoms with van der Waals surface area (Å²) in [6.07, 6.45) is 6.14.